The van der Waals surface area contributed by atoms with Crippen LogP contribution in [0.3, 0.4) is 0 Å². The van der Waals surface area contributed by atoms with E-state index in [4.69, 9.17) is 0 Å². The van der Waals surface area contributed by atoms with Gasteiger partial charge in [0.05, 0.1) is 12.1 Å². The van der Waals surface area contributed by atoms with Gasteiger partial charge in [-0.1, -0.05) is 13.8 Å². The number of aromatic nitrogens is 3. The zero-order valence-electron chi connectivity index (χ0n) is 13.0. The number of nitrogens with zero attached hydrogens (tertiary/aromatic N) is 4. The van der Waals surface area contributed by atoms with Crippen molar-refractivity contribution in [3.63, 3.8) is 0 Å². The van der Waals surface area contributed by atoms with Crippen molar-refractivity contribution >= 4 is 28.3 Å². The summed E-state index contributed by atoms with van der Waals surface area (Å²) in [5.41, 5.74) is 0.783. The summed E-state index contributed by atoms with van der Waals surface area (Å²) in [7, 11) is 0. The molecule has 1 N–H and O–H groups in total. The molecule has 2 aromatic heterocycles. The Balaban J connectivity index is 1.95. The minimum absolute atomic E-state index is 0.136. The predicted molar refractivity (Wildman–Crippen MR) is 88.3 cm³/mol. The van der Waals surface area contributed by atoms with E-state index in [0.29, 0.717) is 17.5 Å². The quantitative estimate of drug-likeness (QED) is 0.810. The molecule has 0 aliphatic carbocycles. The van der Waals surface area contributed by atoms with E-state index in [-0.39, 0.29) is 5.91 Å². The molecule has 0 aromatic carbocycles. The Hall–Kier alpha value is -2.02. The van der Waals surface area contributed by atoms with Gasteiger partial charge in [-0.05, 0) is 18.9 Å². The predicted octanol–water partition coefficient (Wildman–Crippen LogP) is 2.87. The number of anilines is 2. The number of carbonyl (C=O) groups excluding carboxylic acids is 1. The van der Waals surface area contributed by atoms with Gasteiger partial charge in [0.15, 0.2) is 5.13 Å². The minimum atomic E-state index is 0.136. The first-order valence-electron chi connectivity index (χ1n) is 7.49. The highest BCUT2D eigenvalue weighted by Gasteiger charge is 2.14. The normalized spacial score (nSPS) is 10.5. The highest BCUT2D eigenvalue weighted by atomic mass is 32.1. The highest BCUT2D eigenvalue weighted by Crippen LogP contribution is 2.19. The van der Waals surface area contributed by atoms with Crippen LogP contribution in [0.4, 0.5) is 11.1 Å². The van der Waals surface area contributed by atoms with Gasteiger partial charge in [0, 0.05) is 30.9 Å². The Morgan fingerprint density at radius 3 is 2.55 bits per heavy atom. The van der Waals surface area contributed by atoms with Gasteiger partial charge >= 0.3 is 0 Å². The average molecular weight is 319 g/mol. The third kappa shape index (κ3) is 4.77. The molecule has 0 unspecified atom stereocenters. The lowest BCUT2D eigenvalue weighted by atomic mass is 10.2. The molecule has 7 heteroatoms. The van der Waals surface area contributed by atoms with Crippen molar-refractivity contribution in [3.8, 4) is 0 Å². The molecule has 0 spiro atoms. The maximum absolute atomic E-state index is 12.3. The summed E-state index contributed by atoms with van der Waals surface area (Å²) in [4.78, 5) is 26.8. The molecule has 0 saturated heterocycles. The van der Waals surface area contributed by atoms with Crippen molar-refractivity contribution < 1.29 is 4.79 Å². The Bertz CT molecular complexity index is 581. The van der Waals surface area contributed by atoms with Gasteiger partial charge < -0.3 is 10.2 Å². The SMILES string of the molecule is CCCN(CCC)C(=O)Cc1csc(Nc2ncccn2)n1. The van der Waals surface area contributed by atoms with Crippen LogP contribution in [0.5, 0.6) is 0 Å². The molecular weight excluding hydrogens is 298 g/mol. The van der Waals surface area contributed by atoms with Crippen molar-refractivity contribution in [2.45, 2.75) is 33.1 Å². The third-order valence-electron chi connectivity index (χ3n) is 3.01. The van der Waals surface area contributed by atoms with Crippen LogP contribution in [0.1, 0.15) is 32.4 Å². The van der Waals surface area contributed by atoms with E-state index in [1.54, 1.807) is 18.5 Å². The van der Waals surface area contributed by atoms with Crippen LogP contribution in [0.15, 0.2) is 23.8 Å². The molecule has 0 atom stereocenters. The topological polar surface area (TPSA) is 71.0 Å². The second-order valence-electron chi connectivity index (χ2n) is 4.90. The lowest BCUT2D eigenvalue weighted by Crippen LogP contribution is -2.33. The van der Waals surface area contributed by atoms with E-state index >= 15 is 0 Å². The smallest absolute Gasteiger partial charge is 0.228 e. The van der Waals surface area contributed by atoms with Gasteiger partial charge in [0.2, 0.25) is 11.9 Å². The van der Waals surface area contributed by atoms with Crippen molar-refractivity contribution in [3.05, 3.63) is 29.5 Å². The molecule has 118 valence electrons. The summed E-state index contributed by atoms with van der Waals surface area (Å²) in [6, 6.07) is 1.76. The fraction of sp³-hybridized carbons (Fsp3) is 0.467. The number of hydrogen-bond donors (Lipinski definition) is 1. The van der Waals surface area contributed by atoms with Crippen molar-refractivity contribution in [1.29, 1.82) is 0 Å². The van der Waals surface area contributed by atoms with Gasteiger partial charge in [-0.3, -0.25) is 4.79 Å². The molecule has 0 aliphatic heterocycles. The fourth-order valence-electron chi connectivity index (χ4n) is 2.07. The highest BCUT2D eigenvalue weighted by molar-refractivity contribution is 7.13. The van der Waals surface area contributed by atoms with Crippen LogP contribution in [-0.2, 0) is 11.2 Å². The number of thiazole rings is 1. The average Bonchev–Trinajstić information content (AvgIpc) is 2.95. The molecule has 0 saturated carbocycles. The van der Waals surface area contributed by atoms with Crippen LogP contribution in [0.25, 0.3) is 0 Å². The summed E-state index contributed by atoms with van der Waals surface area (Å²) in [5, 5.41) is 5.64. The first-order valence-corrected chi connectivity index (χ1v) is 8.37. The maximum atomic E-state index is 12.3. The standard InChI is InChI=1S/C15H21N5OS/c1-3-8-20(9-4-2)13(21)10-12-11-22-15(18-12)19-14-16-6-5-7-17-14/h5-7,11H,3-4,8-10H2,1-2H3,(H,16,17,18,19). The van der Waals surface area contributed by atoms with E-state index in [1.165, 1.54) is 11.3 Å². The molecule has 22 heavy (non-hydrogen) atoms. The third-order valence-corrected chi connectivity index (χ3v) is 3.81. The first-order chi connectivity index (χ1) is 10.7. The van der Waals surface area contributed by atoms with Crippen LogP contribution >= 0.6 is 11.3 Å². The maximum Gasteiger partial charge on any atom is 0.228 e. The number of hydrogen-bond acceptors (Lipinski definition) is 6. The van der Waals surface area contributed by atoms with Crippen molar-refractivity contribution in [2.75, 3.05) is 18.4 Å². The number of nitrogens with one attached hydrogen (secondary N) is 1. The Morgan fingerprint density at radius 1 is 1.23 bits per heavy atom. The molecular formula is C15H21N5OS. The summed E-state index contributed by atoms with van der Waals surface area (Å²) in [5.74, 6) is 0.643. The molecule has 1 amide bonds. The zero-order chi connectivity index (χ0) is 15.8. The van der Waals surface area contributed by atoms with Crippen LogP contribution in [0, 0.1) is 0 Å². The van der Waals surface area contributed by atoms with Crippen molar-refractivity contribution in [2.24, 2.45) is 0 Å². The monoisotopic (exact) mass is 319 g/mol. The van der Waals surface area contributed by atoms with E-state index in [9.17, 15) is 4.79 Å². The van der Waals surface area contributed by atoms with Crippen LogP contribution in [-0.4, -0.2) is 38.8 Å². The molecule has 2 rings (SSSR count). The van der Waals surface area contributed by atoms with E-state index in [0.717, 1.165) is 31.6 Å². The molecule has 2 heterocycles. The van der Waals surface area contributed by atoms with Crippen LogP contribution < -0.4 is 5.32 Å². The number of amides is 1. The molecule has 2 aromatic rings. The Kier molecular flexibility index (Phi) is 6.27. The van der Waals surface area contributed by atoms with Crippen LogP contribution in [0.2, 0.25) is 0 Å². The largest absolute Gasteiger partial charge is 0.342 e. The summed E-state index contributed by atoms with van der Waals surface area (Å²) < 4.78 is 0. The van der Waals surface area contributed by atoms with Gasteiger partial charge in [0.25, 0.3) is 0 Å². The second kappa shape index (κ2) is 8.43. The van der Waals surface area contributed by atoms with Gasteiger partial charge in [-0.2, -0.15) is 0 Å². The Labute approximate surface area is 134 Å². The number of carbonyl (C=O) groups is 1. The molecule has 0 fully saturated rings. The Morgan fingerprint density at radius 2 is 1.91 bits per heavy atom. The van der Waals surface area contributed by atoms with E-state index < -0.39 is 0 Å². The number of rotatable bonds is 8. The van der Waals surface area contributed by atoms with E-state index in [1.807, 2.05) is 10.3 Å². The lowest BCUT2D eigenvalue weighted by Gasteiger charge is -2.20. The first kappa shape index (κ1) is 16.4. The molecule has 0 bridgehead atoms. The summed E-state index contributed by atoms with van der Waals surface area (Å²) >= 11 is 1.45. The lowest BCUT2D eigenvalue weighted by molar-refractivity contribution is -0.130. The van der Waals surface area contributed by atoms with Gasteiger partial charge in [-0.25, -0.2) is 15.0 Å². The fourth-order valence-corrected chi connectivity index (χ4v) is 2.78. The van der Waals surface area contributed by atoms with E-state index in [2.05, 4.69) is 34.1 Å². The van der Waals surface area contributed by atoms with Gasteiger partial charge in [0.1, 0.15) is 0 Å². The second-order valence-corrected chi connectivity index (χ2v) is 5.76. The molecule has 6 nitrogen and oxygen atoms in total. The molecule has 0 radical (unpaired) electrons. The summed E-state index contributed by atoms with van der Waals surface area (Å²) in [6.45, 7) is 5.78. The summed E-state index contributed by atoms with van der Waals surface area (Å²) in [6.07, 6.45) is 5.62. The van der Waals surface area contributed by atoms with Crippen molar-refractivity contribution in [1.82, 2.24) is 19.9 Å². The molecule has 0 aliphatic rings. The zero-order valence-corrected chi connectivity index (χ0v) is 13.8. The van der Waals surface area contributed by atoms with Gasteiger partial charge in [-0.15, -0.1) is 11.3 Å². The minimum Gasteiger partial charge on any atom is -0.342 e.